The summed E-state index contributed by atoms with van der Waals surface area (Å²) in [5, 5.41) is 0. The molecule has 1 aromatic heterocycles. The highest BCUT2D eigenvalue weighted by molar-refractivity contribution is 9.11. The van der Waals surface area contributed by atoms with Crippen molar-refractivity contribution < 1.29 is 22.0 Å². The summed E-state index contributed by atoms with van der Waals surface area (Å²) in [6.45, 7) is 1.44. The molecule has 0 bridgehead atoms. The number of halogens is 6. The Morgan fingerprint density at radius 2 is 1.81 bits per heavy atom. The van der Waals surface area contributed by atoms with Gasteiger partial charge in [0.25, 0.3) is 0 Å². The van der Waals surface area contributed by atoms with E-state index in [9.17, 15) is 22.0 Å². The van der Waals surface area contributed by atoms with Crippen molar-refractivity contribution in [2.24, 2.45) is 5.73 Å². The Labute approximate surface area is 101 Å². The maximum absolute atomic E-state index is 12.9. The molecular formula is C8H7BrF5NS. The van der Waals surface area contributed by atoms with Crippen molar-refractivity contribution in [1.82, 2.24) is 0 Å². The molecule has 1 atom stereocenters. The molecule has 0 aliphatic heterocycles. The minimum absolute atomic E-state index is 0.195. The number of aryl methyl sites for hydroxylation is 1. The van der Waals surface area contributed by atoms with E-state index in [1.54, 1.807) is 0 Å². The molecule has 0 fully saturated rings. The third-order valence-electron chi connectivity index (χ3n) is 2.03. The first-order valence-corrected chi connectivity index (χ1v) is 5.64. The zero-order chi connectivity index (χ0) is 12.7. The monoisotopic (exact) mass is 323 g/mol. The number of hydrogen-bond donors (Lipinski definition) is 1. The van der Waals surface area contributed by atoms with Crippen LogP contribution in [-0.2, 0) is 0 Å². The molecule has 0 aliphatic rings. The lowest BCUT2D eigenvalue weighted by atomic mass is 10.0. The van der Waals surface area contributed by atoms with Gasteiger partial charge in [0, 0.05) is 4.88 Å². The second-order valence-corrected chi connectivity index (χ2v) is 5.80. The fraction of sp³-hybridized carbons (Fsp3) is 0.500. The lowest BCUT2D eigenvalue weighted by Gasteiger charge is -2.25. The molecule has 0 aromatic carbocycles. The molecule has 0 spiro atoms. The maximum Gasteiger partial charge on any atom is 0.455 e. The quantitative estimate of drug-likeness (QED) is 0.817. The predicted octanol–water partition coefficient (Wildman–Crippen LogP) is 4.02. The van der Waals surface area contributed by atoms with Gasteiger partial charge >= 0.3 is 12.1 Å². The molecule has 92 valence electrons. The predicted molar refractivity (Wildman–Crippen MR) is 54.7 cm³/mol. The van der Waals surface area contributed by atoms with Gasteiger partial charge in [-0.05, 0) is 34.5 Å². The second-order valence-electron chi connectivity index (χ2n) is 3.16. The molecule has 1 unspecified atom stereocenters. The minimum atomic E-state index is -5.65. The lowest BCUT2D eigenvalue weighted by Crippen LogP contribution is -2.45. The average molecular weight is 324 g/mol. The summed E-state index contributed by atoms with van der Waals surface area (Å²) in [7, 11) is 0. The molecule has 0 aliphatic carbocycles. The first-order valence-electron chi connectivity index (χ1n) is 4.03. The molecule has 1 aromatic rings. The fourth-order valence-electron chi connectivity index (χ4n) is 1.14. The van der Waals surface area contributed by atoms with Crippen LogP contribution in [0.15, 0.2) is 9.85 Å². The van der Waals surface area contributed by atoms with Gasteiger partial charge < -0.3 is 5.73 Å². The third kappa shape index (κ3) is 2.38. The van der Waals surface area contributed by atoms with E-state index in [2.05, 4.69) is 15.9 Å². The number of rotatable bonds is 2. The number of nitrogens with two attached hydrogens (primary N) is 1. The summed E-state index contributed by atoms with van der Waals surface area (Å²) >= 11 is 4.07. The minimum Gasteiger partial charge on any atom is -0.319 e. The van der Waals surface area contributed by atoms with Crippen LogP contribution < -0.4 is 5.73 Å². The summed E-state index contributed by atoms with van der Waals surface area (Å²) in [6, 6.07) is -1.19. The highest BCUT2D eigenvalue weighted by Gasteiger charge is 2.62. The topological polar surface area (TPSA) is 26.0 Å². The lowest BCUT2D eigenvalue weighted by molar-refractivity contribution is -0.291. The summed E-state index contributed by atoms with van der Waals surface area (Å²) in [6.07, 6.45) is -5.65. The largest absolute Gasteiger partial charge is 0.455 e. The Balaban J connectivity index is 3.11. The normalized spacial score (nSPS) is 15.2. The molecule has 2 N–H and O–H groups in total. The van der Waals surface area contributed by atoms with E-state index in [1.807, 2.05) is 0 Å². The van der Waals surface area contributed by atoms with E-state index in [1.165, 1.54) is 13.0 Å². The van der Waals surface area contributed by atoms with Crippen LogP contribution in [0.2, 0.25) is 0 Å². The van der Waals surface area contributed by atoms with Crippen LogP contribution in [0.1, 0.15) is 16.5 Å². The first kappa shape index (κ1) is 13.9. The molecule has 1 nitrogen and oxygen atoms in total. The maximum atomic E-state index is 12.9. The van der Waals surface area contributed by atoms with Gasteiger partial charge in [-0.1, -0.05) is 0 Å². The Morgan fingerprint density at radius 3 is 2.12 bits per heavy atom. The first-order chi connectivity index (χ1) is 7.07. The van der Waals surface area contributed by atoms with E-state index in [-0.39, 0.29) is 5.56 Å². The van der Waals surface area contributed by atoms with Crippen LogP contribution in [0.5, 0.6) is 0 Å². The van der Waals surface area contributed by atoms with Gasteiger partial charge in [-0.25, -0.2) is 0 Å². The Kier molecular flexibility index (Phi) is 3.66. The number of thiophene rings is 1. The van der Waals surface area contributed by atoms with Crippen LogP contribution in [-0.4, -0.2) is 12.1 Å². The van der Waals surface area contributed by atoms with Gasteiger partial charge in [-0.15, -0.1) is 11.3 Å². The van der Waals surface area contributed by atoms with E-state index >= 15 is 0 Å². The van der Waals surface area contributed by atoms with Gasteiger partial charge in [0.15, 0.2) is 0 Å². The average Bonchev–Trinajstić information content (AvgIpc) is 2.41. The molecule has 8 heteroatoms. The Bertz CT molecular complexity index is 386. The molecule has 0 radical (unpaired) electrons. The second kappa shape index (κ2) is 4.23. The van der Waals surface area contributed by atoms with E-state index in [4.69, 9.17) is 5.73 Å². The number of hydrogen-bond acceptors (Lipinski definition) is 2. The standard InChI is InChI=1S/C8H7BrF5NS/c1-3-4(2-5(9)16-3)6(15)7(10,11)8(12,13)14/h2,6H,15H2,1H3. The van der Waals surface area contributed by atoms with Gasteiger partial charge in [0.05, 0.1) is 3.79 Å². The summed E-state index contributed by atoms with van der Waals surface area (Å²) in [5.74, 6) is -4.93. The Morgan fingerprint density at radius 1 is 1.31 bits per heavy atom. The van der Waals surface area contributed by atoms with E-state index in [0.29, 0.717) is 8.66 Å². The van der Waals surface area contributed by atoms with Crippen LogP contribution in [0.3, 0.4) is 0 Å². The molecule has 16 heavy (non-hydrogen) atoms. The summed E-state index contributed by atoms with van der Waals surface area (Å²) in [5.41, 5.74) is 4.79. The molecular weight excluding hydrogens is 317 g/mol. The smallest absolute Gasteiger partial charge is 0.319 e. The molecule has 0 saturated carbocycles. The van der Waals surface area contributed by atoms with Gasteiger partial charge in [0.2, 0.25) is 0 Å². The molecule has 1 rings (SSSR count). The van der Waals surface area contributed by atoms with E-state index < -0.39 is 18.1 Å². The van der Waals surface area contributed by atoms with Crippen molar-refractivity contribution in [2.45, 2.75) is 25.1 Å². The van der Waals surface area contributed by atoms with Crippen LogP contribution in [0, 0.1) is 6.92 Å². The highest BCUT2D eigenvalue weighted by atomic mass is 79.9. The van der Waals surface area contributed by atoms with Crippen molar-refractivity contribution in [2.75, 3.05) is 0 Å². The van der Waals surface area contributed by atoms with Crippen LogP contribution in [0.25, 0.3) is 0 Å². The van der Waals surface area contributed by atoms with Crippen molar-refractivity contribution in [3.8, 4) is 0 Å². The zero-order valence-electron chi connectivity index (χ0n) is 7.91. The van der Waals surface area contributed by atoms with Gasteiger partial charge in [0.1, 0.15) is 6.04 Å². The van der Waals surface area contributed by atoms with Crippen LogP contribution >= 0.6 is 27.3 Å². The van der Waals surface area contributed by atoms with Crippen LogP contribution in [0.4, 0.5) is 22.0 Å². The Hall–Kier alpha value is -0.210. The summed E-state index contributed by atoms with van der Waals surface area (Å²) in [4.78, 5) is 0.336. The van der Waals surface area contributed by atoms with Gasteiger partial charge in [-0.2, -0.15) is 22.0 Å². The SMILES string of the molecule is Cc1sc(Br)cc1C(N)C(F)(F)C(F)(F)F. The van der Waals surface area contributed by atoms with Crippen molar-refractivity contribution in [3.05, 3.63) is 20.3 Å². The third-order valence-corrected chi connectivity index (χ3v) is 3.60. The van der Waals surface area contributed by atoms with Crippen molar-refractivity contribution >= 4 is 27.3 Å². The highest BCUT2D eigenvalue weighted by Crippen LogP contribution is 2.45. The van der Waals surface area contributed by atoms with Crippen molar-refractivity contribution in [1.29, 1.82) is 0 Å². The molecule has 0 amide bonds. The molecule has 0 saturated heterocycles. The fourth-order valence-corrected chi connectivity index (χ4v) is 2.90. The van der Waals surface area contributed by atoms with E-state index in [0.717, 1.165) is 11.3 Å². The zero-order valence-corrected chi connectivity index (χ0v) is 10.3. The van der Waals surface area contributed by atoms with Gasteiger partial charge in [-0.3, -0.25) is 0 Å². The summed E-state index contributed by atoms with van der Waals surface area (Å²) < 4.78 is 62.6. The van der Waals surface area contributed by atoms with Crippen molar-refractivity contribution in [3.63, 3.8) is 0 Å². The number of alkyl halides is 5. The molecule has 1 heterocycles.